The van der Waals surface area contributed by atoms with Crippen LogP contribution in [0.4, 0.5) is 0 Å². The minimum absolute atomic E-state index is 0.114. The second-order valence-corrected chi connectivity index (χ2v) is 2.69. The first-order valence-electron chi connectivity index (χ1n) is 4.21. The van der Waals surface area contributed by atoms with Crippen molar-refractivity contribution in [2.24, 2.45) is 5.90 Å². The van der Waals surface area contributed by atoms with E-state index in [4.69, 9.17) is 5.90 Å². The molecule has 0 fully saturated rings. The third-order valence-corrected chi connectivity index (χ3v) is 1.80. The second-order valence-electron chi connectivity index (χ2n) is 2.69. The van der Waals surface area contributed by atoms with Gasteiger partial charge in [-0.05, 0) is 6.92 Å². The summed E-state index contributed by atoms with van der Waals surface area (Å²) in [6.45, 7) is 2.62. The highest BCUT2D eigenvalue weighted by atomic mass is 16.6. The molecular weight excluding hydrogens is 186 g/mol. The number of aromatic nitrogens is 2. The number of esters is 1. The van der Waals surface area contributed by atoms with Gasteiger partial charge in [-0.1, -0.05) is 0 Å². The third-order valence-electron chi connectivity index (χ3n) is 1.80. The number of carbonyl (C=O) groups excluding carboxylic acids is 1. The van der Waals surface area contributed by atoms with E-state index in [0.29, 0.717) is 12.1 Å². The van der Waals surface area contributed by atoms with Crippen molar-refractivity contribution >= 4 is 5.97 Å². The first-order chi connectivity index (χ1) is 6.71. The van der Waals surface area contributed by atoms with Crippen molar-refractivity contribution in [1.82, 2.24) is 9.78 Å². The molecule has 1 rings (SSSR count). The molecule has 0 unspecified atom stereocenters. The maximum atomic E-state index is 11.0. The first-order valence-corrected chi connectivity index (χ1v) is 4.21. The van der Waals surface area contributed by atoms with Crippen LogP contribution in [0.25, 0.3) is 0 Å². The number of nitrogens with zero attached hydrogens (tertiary/aromatic N) is 2. The van der Waals surface area contributed by atoms with Gasteiger partial charge in [0, 0.05) is 18.3 Å². The summed E-state index contributed by atoms with van der Waals surface area (Å²) < 4.78 is 6.16. The van der Waals surface area contributed by atoms with Gasteiger partial charge in [0.1, 0.15) is 0 Å². The van der Waals surface area contributed by atoms with Crippen LogP contribution in [0, 0.1) is 0 Å². The number of rotatable bonds is 4. The molecule has 6 heteroatoms. The Kier molecular flexibility index (Phi) is 3.47. The molecule has 0 bridgehead atoms. The molecule has 1 aromatic rings. The molecule has 0 aromatic carbocycles. The maximum absolute atomic E-state index is 11.0. The van der Waals surface area contributed by atoms with Gasteiger partial charge in [0.25, 0.3) is 5.88 Å². The molecule has 0 spiro atoms. The number of carbonyl (C=O) groups is 1. The van der Waals surface area contributed by atoms with Crippen LogP contribution in [-0.2, 0) is 22.5 Å². The quantitative estimate of drug-likeness (QED) is 0.539. The lowest BCUT2D eigenvalue weighted by atomic mass is 10.2. The average molecular weight is 199 g/mol. The topological polar surface area (TPSA) is 79.4 Å². The number of hydrogen-bond acceptors (Lipinski definition) is 5. The van der Waals surface area contributed by atoms with Crippen LogP contribution < -0.4 is 10.7 Å². The van der Waals surface area contributed by atoms with Crippen molar-refractivity contribution in [3.8, 4) is 5.88 Å². The Morgan fingerprint density at radius 2 is 2.43 bits per heavy atom. The highest BCUT2D eigenvalue weighted by Gasteiger charge is 2.13. The average Bonchev–Trinajstić information content (AvgIpc) is 2.60. The molecule has 0 saturated carbocycles. The summed E-state index contributed by atoms with van der Waals surface area (Å²) >= 11 is 0. The van der Waals surface area contributed by atoms with Crippen molar-refractivity contribution in [3.05, 3.63) is 11.8 Å². The molecule has 0 radical (unpaired) electrons. The van der Waals surface area contributed by atoms with E-state index < -0.39 is 0 Å². The summed E-state index contributed by atoms with van der Waals surface area (Å²) in [5.74, 6) is 4.92. The fraction of sp³-hybridized carbons (Fsp3) is 0.500. The lowest BCUT2D eigenvalue weighted by molar-refractivity contribution is -0.139. The molecular formula is C8H13N3O3. The van der Waals surface area contributed by atoms with Crippen LogP contribution in [0.15, 0.2) is 6.20 Å². The Labute approximate surface area is 81.5 Å². The molecule has 0 aliphatic rings. The monoisotopic (exact) mass is 199 g/mol. The van der Waals surface area contributed by atoms with E-state index in [-0.39, 0.29) is 18.3 Å². The Bertz CT molecular complexity index is 322. The summed E-state index contributed by atoms with van der Waals surface area (Å²) in [6.07, 6.45) is 1.82. The van der Waals surface area contributed by atoms with E-state index in [0.717, 1.165) is 0 Å². The van der Waals surface area contributed by atoms with Crippen molar-refractivity contribution < 1.29 is 14.4 Å². The van der Waals surface area contributed by atoms with Crippen molar-refractivity contribution in [2.75, 3.05) is 7.11 Å². The fourth-order valence-corrected chi connectivity index (χ4v) is 1.06. The Morgan fingerprint density at radius 1 is 1.71 bits per heavy atom. The van der Waals surface area contributed by atoms with E-state index in [1.807, 2.05) is 6.92 Å². The van der Waals surface area contributed by atoms with Crippen molar-refractivity contribution in [2.45, 2.75) is 19.9 Å². The molecule has 14 heavy (non-hydrogen) atoms. The van der Waals surface area contributed by atoms with Gasteiger partial charge >= 0.3 is 5.97 Å². The van der Waals surface area contributed by atoms with Gasteiger partial charge in [0.05, 0.1) is 13.5 Å². The van der Waals surface area contributed by atoms with Gasteiger partial charge in [-0.3, -0.25) is 9.48 Å². The van der Waals surface area contributed by atoms with Crippen LogP contribution in [-0.4, -0.2) is 22.9 Å². The number of ether oxygens (including phenoxy) is 1. The Morgan fingerprint density at radius 3 is 2.93 bits per heavy atom. The van der Waals surface area contributed by atoms with E-state index >= 15 is 0 Å². The zero-order valence-electron chi connectivity index (χ0n) is 8.19. The third kappa shape index (κ3) is 2.23. The van der Waals surface area contributed by atoms with E-state index in [1.165, 1.54) is 7.11 Å². The van der Waals surface area contributed by atoms with Crippen LogP contribution in [0.5, 0.6) is 5.88 Å². The zero-order valence-corrected chi connectivity index (χ0v) is 8.19. The van der Waals surface area contributed by atoms with Gasteiger partial charge in [0.2, 0.25) is 0 Å². The van der Waals surface area contributed by atoms with Crippen molar-refractivity contribution in [3.63, 3.8) is 0 Å². The van der Waals surface area contributed by atoms with E-state index in [1.54, 1.807) is 10.9 Å². The molecule has 78 valence electrons. The summed E-state index contributed by atoms with van der Waals surface area (Å²) in [7, 11) is 1.33. The standard InChI is InChI=1S/C8H13N3O3/c1-3-11-5-6(4-7(12)13-2)8(10-11)14-9/h5H,3-4,9H2,1-2H3. The van der Waals surface area contributed by atoms with Crippen LogP contribution >= 0.6 is 0 Å². The predicted octanol–water partition coefficient (Wildman–Crippen LogP) is -0.129. The molecule has 1 heterocycles. The SMILES string of the molecule is CCn1cc(CC(=O)OC)c(ON)n1. The predicted molar refractivity (Wildman–Crippen MR) is 48.4 cm³/mol. The second kappa shape index (κ2) is 4.61. The highest BCUT2D eigenvalue weighted by molar-refractivity contribution is 5.72. The largest absolute Gasteiger partial charge is 0.469 e. The summed E-state index contributed by atoms with van der Waals surface area (Å²) in [5, 5.41) is 4.00. The zero-order chi connectivity index (χ0) is 10.6. The number of nitrogens with two attached hydrogens (primary N) is 1. The van der Waals surface area contributed by atoms with Gasteiger partial charge in [-0.2, -0.15) is 5.90 Å². The van der Waals surface area contributed by atoms with Crippen molar-refractivity contribution in [1.29, 1.82) is 0 Å². The number of hydrogen-bond donors (Lipinski definition) is 1. The molecule has 0 aliphatic heterocycles. The molecule has 2 N–H and O–H groups in total. The molecule has 0 saturated heterocycles. The van der Waals surface area contributed by atoms with Gasteiger partial charge in [-0.15, -0.1) is 5.10 Å². The lowest BCUT2D eigenvalue weighted by Crippen LogP contribution is -2.08. The van der Waals surface area contributed by atoms with Gasteiger partial charge in [0.15, 0.2) is 0 Å². The molecule has 0 aliphatic carbocycles. The Hall–Kier alpha value is -1.56. The van der Waals surface area contributed by atoms with E-state index in [9.17, 15) is 4.79 Å². The smallest absolute Gasteiger partial charge is 0.310 e. The van der Waals surface area contributed by atoms with Gasteiger partial charge in [-0.25, -0.2) is 0 Å². The van der Waals surface area contributed by atoms with Crippen LogP contribution in [0.2, 0.25) is 0 Å². The molecule has 0 atom stereocenters. The van der Waals surface area contributed by atoms with Gasteiger partial charge < -0.3 is 9.57 Å². The lowest BCUT2D eigenvalue weighted by Gasteiger charge is -1.97. The Balaban J connectivity index is 2.83. The minimum Gasteiger partial charge on any atom is -0.469 e. The summed E-state index contributed by atoms with van der Waals surface area (Å²) in [5.41, 5.74) is 0.626. The highest BCUT2D eigenvalue weighted by Crippen LogP contribution is 2.15. The first kappa shape index (κ1) is 10.5. The van der Waals surface area contributed by atoms with Crippen LogP contribution in [0.3, 0.4) is 0 Å². The molecule has 0 amide bonds. The van der Waals surface area contributed by atoms with Crippen LogP contribution in [0.1, 0.15) is 12.5 Å². The number of methoxy groups -OCH3 is 1. The molecule has 1 aromatic heterocycles. The summed E-state index contributed by atoms with van der Waals surface area (Å²) in [6, 6.07) is 0. The normalized spacial score (nSPS) is 9.93. The molecule has 6 nitrogen and oxygen atoms in total. The minimum atomic E-state index is -0.348. The summed E-state index contributed by atoms with van der Waals surface area (Å²) in [4.78, 5) is 15.5. The number of aryl methyl sites for hydroxylation is 1. The maximum Gasteiger partial charge on any atom is 0.310 e. The van der Waals surface area contributed by atoms with E-state index in [2.05, 4.69) is 14.7 Å². The fourth-order valence-electron chi connectivity index (χ4n) is 1.06.